The van der Waals surface area contributed by atoms with Crippen molar-refractivity contribution >= 4 is 5.82 Å². The van der Waals surface area contributed by atoms with Gasteiger partial charge in [-0.3, -0.25) is 4.90 Å². The van der Waals surface area contributed by atoms with Crippen LogP contribution in [0.15, 0.2) is 36.9 Å². The van der Waals surface area contributed by atoms with Crippen molar-refractivity contribution in [3.8, 4) is 0 Å². The Morgan fingerprint density at radius 3 is 2.50 bits per heavy atom. The number of aliphatic hydroxyl groups is 1. The van der Waals surface area contributed by atoms with Crippen molar-refractivity contribution in [2.75, 3.05) is 37.6 Å². The third kappa shape index (κ3) is 5.86. The summed E-state index contributed by atoms with van der Waals surface area (Å²) in [6, 6.07) is 6.68. The highest BCUT2D eigenvalue weighted by Crippen LogP contribution is 2.26. The molecule has 0 aliphatic carbocycles. The van der Waals surface area contributed by atoms with Gasteiger partial charge in [0.15, 0.2) is 0 Å². The molecule has 0 amide bonds. The maximum Gasteiger partial charge on any atom is 0.136 e. The largest absolute Gasteiger partial charge is 0.392 e. The van der Waals surface area contributed by atoms with E-state index >= 15 is 0 Å². The molecule has 0 spiro atoms. The highest BCUT2D eigenvalue weighted by Gasteiger charge is 2.24. The number of aromatic nitrogens is 2. The number of hydrogen-bond donors (Lipinski definition) is 1. The van der Waals surface area contributed by atoms with Crippen LogP contribution in [0.3, 0.4) is 0 Å². The van der Waals surface area contributed by atoms with E-state index in [0.717, 1.165) is 73.9 Å². The second-order valence-electron chi connectivity index (χ2n) is 7.98. The van der Waals surface area contributed by atoms with E-state index in [1.165, 1.54) is 12.1 Å². The summed E-state index contributed by atoms with van der Waals surface area (Å²) in [6.07, 6.45) is 4.68. The lowest BCUT2D eigenvalue weighted by Gasteiger charge is -2.37. The highest BCUT2D eigenvalue weighted by atomic mass is 19.1. The fourth-order valence-corrected chi connectivity index (χ4v) is 4.02. The Balaban J connectivity index is 1.74. The first-order valence-corrected chi connectivity index (χ1v) is 10.9. The summed E-state index contributed by atoms with van der Waals surface area (Å²) in [5, 5.41) is 10.2. The van der Waals surface area contributed by atoms with Crippen molar-refractivity contribution in [2.45, 2.75) is 45.6 Å². The lowest BCUT2D eigenvalue weighted by molar-refractivity contribution is 0.103. The zero-order valence-corrected chi connectivity index (χ0v) is 18.1. The molecule has 1 N–H and O–H groups in total. The van der Waals surface area contributed by atoms with E-state index in [2.05, 4.69) is 28.3 Å². The number of hydrogen-bond acceptors (Lipinski definition) is 5. The van der Waals surface area contributed by atoms with Crippen molar-refractivity contribution in [1.82, 2.24) is 14.9 Å². The van der Waals surface area contributed by atoms with Crippen LogP contribution in [0.4, 0.5) is 10.2 Å². The summed E-state index contributed by atoms with van der Waals surface area (Å²) in [5.41, 5.74) is 3.25. The number of halogens is 1. The monoisotopic (exact) mass is 412 g/mol. The topological polar surface area (TPSA) is 52.5 Å². The zero-order chi connectivity index (χ0) is 21.5. The fourth-order valence-electron chi connectivity index (χ4n) is 4.02. The van der Waals surface area contributed by atoms with E-state index in [4.69, 9.17) is 4.98 Å². The van der Waals surface area contributed by atoms with E-state index in [9.17, 15) is 9.50 Å². The molecule has 0 bridgehead atoms. The zero-order valence-electron chi connectivity index (χ0n) is 18.1. The number of β-amino-alcohol motifs (C(OH)–C–C–N with tert-alkyl or cyclic N) is 1. The van der Waals surface area contributed by atoms with Crippen molar-refractivity contribution in [3.63, 3.8) is 0 Å². The predicted octanol–water partition coefficient (Wildman–Crippen LogP) is 3.53. The van der Waals surface area contributed by atoms with Crippen LogP contribution in [0.25, 0.3) is 0 Å². The number of rotatable bonds is 9. The molecule has 1 fully saturated rings. The molecule has 30 heavy (non-hydrogen) atoms. The van der Waals surface area contributed by atoms with Gasteiger partial charge >= 0.3 is 0 Å². The lowest BCUT2D eigenvalue weighted by atomic mass is 10.0. The van der Waals surface area contributed by atoms with E-state index in [1.54, 1.807) is 0 Å². The van der Waals surface area contributed by atoms with Crippen LogP contribution in [0.1, 0.15) is 42.4 Å². The van der Waals surface area contributed by atoms with Crippen molar-refractivity contribution in [1.29, 1.82) is 0 Å². The van der Waals surface area contributed by atoms with Gasteiger partial charge in [-0.1, -0.05) is 25.1 Å². The van der Waals surface area contributed by atoms with Gasteiger partial charge in [-0.05, 0) is 43.9 Å². The number of piperazine rings is 1. The summed E-state index contributed by atoms with van der Waals surface area (Å²) in [5.74, 6) is 1.56. The Morgan fingerprint density at radius 1 is 1.17 bits per heavy atom. The van der Waals surface area contributed by atoms with Crippen LogP contribution in [0.5, 0.6) is 0 Å². The van der Waals surface area contributed by atoms with Gasteiger partial charge in [-0.15, -0.1) is 6.58 Å². The molecule has 2 heterocycles. The molecule has 1 saturated heterocycles. The minimum Gasteiger partial charge on any atom is -0.392 e. The Labute approximate surface area is 179 Å². The molecule has 5 nitrogen and oxygen atoms in total. The molecule has 1 aliphatic heterocycles. The molecule has 0 saturated carbocycles. The van der Waals surface area contributed by atoms with E-state index in [1.807, 2.05) is 25.1 Å². The Bertz CT molecular complexity index is 832. The second kappa shape index (κ2) is 10.6. The smallest absolute Gasteiger partial charge is 0.136 e. The van der Waals surface area contributed by atoms with Gasteiger partial charge < -0.3 is 10.0 Å². The normalized spacial score (nSPS) is 15.9. The van der Waals surface area contributed by atoms with Gasteiger partial charge in [0, 0.05) is 50.4 Å². The highest BCUT2D eigenvalue weighted by molar-refractivity contribution is 5.52. The first kappa shape index (κ1) is 22.4. The summed E-state index contributed by atoms with van der Waals surface area (Å²) < 4.78 is 13.3. The second-order valence-corrected chi connectivity index (χ2v) is 7.98. The minimum absolute atomic E-state index is 0.221. The van der Waals surface area contributed by atoms with Gasteiger partial charge in [-0.25, -0.2) is 14.4 Å². The Morgan fingerprint density at radius 2 is 1.87 bits per heavy atom. The summed E-state index contributed by atoms with van der Waals surface area (Å²) in [7, 11) is 0. The van der Waals surface area contributed by atoms with Crippen LogP contribution in [-0.2, 0) is 12.8 Å². The maximum atomic E-state index is 13.3. The molecule has 2 aromatic rings. The summed E-state index contributed by atoms with van der Waals surface area (Å²) in [6.45, 7) is 12.0. The number of allylic oxidation sites excluding steroid dienone is 1. The molecular formula is C24H33FN4O. The quantitative estimate of drug-likeness (QED) is 0.639. The van der Waals surface area contributed by atoms with Gasteiger partial charge in [0.2, 0.25) is 0 Å². The molecule has 0 radical (unpaired) electrons. The predicted molar refractivity (Wildman–Crippen MR) is 119 cm³/mol. The third-order valence-electron chi connectivity index (χ3n) is 5.66. The first-order chi connectivity index (χ1) is 14.5. The maximum absolute atomic E-state index is 13.3. The molecule has 1 aromatic heterocycles. The average Bonchev–Trinajstić information content (AvgIpc) is 2.75. The lowest BCUT2D eigenvalue weighted by Crippen LogP contribution is -2.49. The molecule has 1 aromatic carbocycles. The molecule has 0 unspecified atom stereocenters. The number of anilines is 1. The van der Waals surface area contributed by atoms with Gasteiger partial charge in [0.25, 0.3) is 0 Å². The molecule has 162 valence electrons. The number of aryl methyl sites for hydroxylation is 2. The van der Waals surface area contributed by atoms with E-state index in [0.29, 0.717) is 13.0 Å². The average molecular weight is 413 g/mol. The molecule has 1 atom stereocenters. The molecule has 1 aliphatic rings. The van der Waals surface area contributed by atoms with Crippen LogP contribution in [-0.4, -0.2) is 58.8 Å². The number of benzene rings is 1. The SMILES string of the molecule is C=CCC[C@H](O)CN1CCN(c2nc(C)nc(CC)c2Cc2ccc(F)cc2)CC1. The first-order valence-electron chi connectivity index (χ1n) is 10.9. The van der Waals surface area contributed by atoms with Crippen LogP contribution in [0.2, 0.25) is 0 Å². The molecule has 3 rings (SSSR count). The van der Waals surface area contributed by atoms with Gasteiger partial charge in [0.1, 0.15) is 17.5 Å². The van der Waals surface area contributed by atoms with E-state index in [-0.39, 0.29) is 11.9 Å². The van der Waals surface area contributed by atoms with E-state index < -0.39 is 0 Å². The van der Waals surface area contributed by atoms with Crippen LogP contribution >= 0.6 is 0 Å². The van der Waals surface area contributed by atoms with Crippen molar-refractivity contribution in [2.24, 2.45) is 0 Å². The summed E-state index contributed by atoms with van der Waals surface area (Å²) in [4.78, 5) is 14.1. The van der Waals surface area contributed by atoms with Crippen LogP contribution in [0, 0.1) is 12.7 Å². The number of nitrogens with zero attached hydrogens (tertiary/aromatic N) is 4. The standard InChI is InChI=1S/C24H33FN4O/c1-4-6-7-21(30)17-28-12-14-29(15-13-28)24-22(23(5-2)26-18(3)27-24)16-19-8-10-20(25)11-9-19/h4,8-11,21,30H,1,5-7,12-17H2,2-3H3/t21-/m0/s1. The minimum atomic E-state index is -0.309. The number of aliphatic hydroxyl groups excluding tert-OH is 1. The Kier molecular flexibility index (Phi) is 7.94. The van der Waals surface area contributed by atoms with Crippen molar-refractivity contribution in [3.05, 3.63) is 65.4 Å². The molecule has 6 heteroatoms. The fraction of sp³-hybridized carbons (Fsp3) is 0.500. The van der Waals surface area contributed by atoms with Gasteiger partial charge in [-0.2, -0.15) is 0 Å². The summed E-state index contributed by atoms with van der Waals surface area (Å²) >= 11 is 0. The third-order valence-corrected chi connectivity index (χ3v) is 5.66. The van der Waals surface area contributed by atoms with Crippen LogP contribution < -0.4 is 4.90 Å². The molecular weight excluding hydrogens is 379 g/mol. The van der Waals surface area contributed by atoms with Gasteiger partial charge in [0.05, 0.1) is 6.10 Å². The van der Waals surface area contributed by atoms with Crippen molar-refractivity contribution < 1.29 is 9.50 Å². The Hall–Kier alpha value is -2.31.